The van der Waals surface area contributed by atoms with Gasteiger partial charge in [-0.3, -0.25) is 0 Å². The van der Waals surface area contributed by atoms with Gasteiger partial charge >= 0.3 is 0 Å². The van der Waals surface area contributed by atoms with Crippen LogP contribution in [0.4, 0.5) is 8.78 Å². The molecule has 1 fully saturated rings. The molecule has 2 heterocycles. The molecule has 1 aliphatic rings. The number of aromatic nitrogens is 1. The number of nitrogens with zero attached hydrogens (tertiary/aromatic N) is 1. The van der Waals surface area contributed by atoms with E-state index < -0.39 is 11.6 Å². The summed E-state index contributed by atoms with van der Waals surface area (Å²) in [5, 5.41) is 3.21. The molecule has 5 nitrogen and oxygen atoms in total. The summed E-state index contributed by atoms with van der Waals surface area (Å²) in [5.41, 5.74) is 0. The number of nitrogens with one attached hydrogen (secondary N) is 1. The Labute approximate surface area is 132 Å². The van der Waals surface area contributed by atoms with Gasteiger partial charge in [-0.15, -0.1) is 0 Å². The third kappa shape index (κ3) is 4.14. The van der Waals surface area contributed by atoms with E-state index in [0.717, 1.165) is 18.7 Å². The number of hydrogen-bond acceptors (Lipinski definition) is 5. The number of halogens is 2. The zero-order chi connectivity index (χ0) is 16.1. The molecule has 0 bridgehead atoms. The SMILES string of the molecule is Fc1ccc(Oc2ncccc2OCC2CNCCO2)cc1F. The molecule has 1 unspecified atom stereocenters. The second-order valence-corrected chi connectivity index (χ2v) is 4.99. The Kier molecular flexibility index (Phi) is 4.99. The molecule has 1 saturated heterocycles. The number of hydrogen-bond donors (Lipinski definition) is 1. The van der Waals surface area contributed by atoms with Crippen molar-refractivity contribution in [1.82, 2.24) is 10.3 Å². The first kappa shape index (κ1) is 15.6. The van der Waals surface area contributed by atoms with Crippen LogP contribution in [-0.2, 0) is 4.74 Å². The van der Waals surface area contributed by atoms with Gasteiger partial charge in [0.15, 0.2) is 17.4 Å². The van der Waals surface area contributed by atoms with E-state index in [1.807, 2.05) is 0 Å². The van der Waals surface area contributed by atoms with E-state index in [1.165, 1.54) is 12.3 Å². The lowest BCUT2D eigenvalue weighted by molar-refractivity contribution is -0.000293. The summed E-state index contributed by atoms with van der Waals surface area (Å²) in [4.78, 5) is 4.07. The summed E-state index contributed by atoms with van der Waals surface area (Å²) in [5.74, 6) is -1.18. The predicted octanol–water partition coefficient (Wildman–Crippen LogP) is 2.52. The van der Waals surface area contributed by atoms with Gasteiger partial charge in [-0.2, -0.15) is 0 Å². The fraction of sp³-hybridized carbons (Fsp3) is 0.312. The maximum absolute atomic E-state index is 13.2. The van der Waals surface area contributed by atoms with Gasteiger partial charge in [0.1, 0.15) is 18.5 Å². The quantitative estimate of drug-likeness (QED) is 0.917. The highest BCUT2D eigenvalue weighted by molar-refractivity contribution is 5.37. The van der Waals surface area contributed by atoms with E-state index in [-0.39, 0.29) is 17.7 Å². The molecule has 1 aromatic carbocycles. The Hall–Kier alpha value is -2.25. The first-order chi connectivity index (χ1) is 11.2. The summed E-state index contributed by atoms with van der Waals surface area (Å²) in [7, 11) is 0. The van der Waals surface area contributed by atoms with Gasteiger partial charge in [-0.25, -0.2) is 13.8 Å². The predicted molar refractivity (Wildman–Crippen MR) is 78.8 cm³/mol. The molecule has 0 aliphatic carbocycles. The van der Waals surface area contributed by atoms with Crippen LogP contribution < -0.4 is 14.8 Å². The van der Waals surface area contributed by atoms with Crippen LogP contribution in [0.1, 0.15) is 0 Å². The first-order valence-corrected chi connectivity index (χ1v) is 7.25. The molecule has 1 N–H and O–H groups in total. The van der Waals surface area contributed by atoms with Crippen LogP contribution in [0.15, 0.2) is 36.5 Å². The molecule has 1 aromatic heterocycles. The number of morpholine rings is 1. The highest BCUT2D eigenvalue weighted by atomic mass is 19.2. The van der Waals surface area contributed by atoms with Crippen LogP contribution in [0.25, 0.3) is 0 Å². The minimum absolute atomic E-state index is 0.0555. The van der Waals surface area contributed by atoms with E-state index in [9.17, 15) is 8.78 Å². The van der Waals surface area contributed by atoms with Gasteiger partial charge in [0.2, 0.25) is 0 Å². The summed E-state index contributed by atoms with van der Waals surface area (Å²) in [6.07, 6.45) is 1.47. The average Bonchev–Trinajstić information content (AvgIpc) is 2.58. The van der Waals surface area contributed by atoms with Crippen molar-refractivity contribution in [2.45, 2.75) is 6.10 Å². The first-order valence-electron chi connectivity index (χ1n) is 7.25. The van der Waals surface area contributed by atoms with Crippen LogP contribution in [0.3, 0.4) is 0 Å². The molecular formula is C16H16F2N2O3. The van der Waals surface area contributed by atoms with Gasteiger partial charge in [0, 0.05) is 25.4 Å². The summed E-state index contributed by atoms with van der Waals surface area (Å²) >= 11 is 0. The topological polar surface area (TPSA) is 52.6 Å². The molecule has 0 radical (unpaired) electrons. The Balaban J connectivity index is 1.68. The molecule has 3 rings (SSSR count). The second-order valence-electron chi connectivity index (χ2n) is 4.99. The molecule has 0 amide bonds. The maximum Gasteiger partial charge on any atom is 0.262 e. The molecule has 0 saturated carbocycles. The molecule has 23 heavy (non-hydrogen) atoms. The van der Waals surface area contributed by atoms with Crippen molar-refractivity contribution in [2.75, 3.05) is 26.3 Å². The number of ether oxygens (including phenoxy) is 3. The van der Waals surface area contributed by atoms with Crippen LogP contribution in [0.5, 0.6) is 17.4 Å². The average molecular weight is 322 g/mol. The van der Waals surface area contributed by atoms with Crippen LogP contribution in [-0.4, -0.2) is 37.4 Å². The van der Waals surface area contributed by atoms with Crippen molar-refractivity contribution in [2.24, 2.45) is 0 Å². The summed E-state index contributed by atoms with van der Waals surface area (Å²) in [6.45, 7) is 2.51. The van der Waals surface area contributed by atoms with E-state index >= 15 is 0 Å². The Morgan fingerprint density at radius 1 is 1.26 bits per heavy atom. The molecular weight excluding hydrogens is 306 g/mol. The molecule has 2 aromatic rings. The van der Waals surface area contributed by atoms with Crippen LogP contribution in [0.2, 0.25) is 0 Å². The van der Waals surface area contributed by atoms with Gasteiger partial charge in [0.05, 0.1) is 6.61 Å². The highest BCUT2D eigenvalue weighted by Gasteiger charge is 2.16. The van der Waals surface area contributed by atoms with Gasteiger partial charge < -0.3 is 19.5 Å². The largest absolute Gasteiger partial charge is 0.485 e. The molecule has 0 spiro atoms. The maximum atomic E-state index is 13.2. The van der Waals surface area contributed by atoms with E-state index in [4.69, 9.17) is 14.2 Å². The van der Waals surface area contributed by atoms with Gasteiger partial charge in [-0.1, -0.05) is 0 Å². The zero-order valence-corrected chi connectivity index (χ0v) is 12.3. The standard InChI is InChI=1S/C16H16F2N2O3/c17-13-4-3-11(8-14(13)18)23-16-15(2-1-5-20-16)22-10-12-9-19-6-7-21-12/h1-5,8,12,19H,6-7,9-10H2. The minimum atomic E-state index is -0.984. The zero-order valence-electron chi connectivity index (χ0n) is 12.3. The van der Waals surface area contributed by atoms with Crippen molar-refractivity contribution in [1.29, 1.82) is 0 Å². The summed E-state index contributed by atoms with van der Waals surface area (Å²) < 4.78 is 42.9. The fourth-order valence-electron chi connectivity index (χ4n) is 2.12. The molecule has 1 aliphatic heterocycles. The number of benzene rings is 1. The lowest BCUT2D eigenvalue weighted by Crippen LogP contribution is -2.41. The molecule has 122 valence electrons. The third-order valence-corrected chi connectivity index (χ3v) is 3.27. The second kappa shape index (κ2) is 7.34. The normalized spacial score (nSPS) is 17.7. The number of rotatable bonds is 5. The Morgan fingerprint density at radius 2 is 2.17 bits per heavy atom. The van der Waals surface area contributed by atoms with E-state index in [2.05, 4.69) is 10.3 Å². The van der Waals surface area contributed by atoms with Crippen molar-refractivity contribution in [3.8, 4) is 17.4 Å². The van der Waals surface area contributed by atoms with Crippen LogP contribution in [0, 0.1) is 11.6 Å². The summed E-state index contributed by atoms with van der Waals surface area (Å²) in [6, 6.07) is 6.68. The van der Waals surface area contributed by atoms with Crippen molar-refractivity contribution >= 4 is 0 Å². The minimum Gasteiger partial charge on any atom is -0.485 e. The van der Waals surface area contributed by atoms with Gasteiger partial charge in [0.25, 0.3) is 5.88 Å². The fourth-order valence-corrected chi connectivity index (χ4v) is 2.12. The third-order valence-electron chi connectivity index (χ3n) is 3.27. The monoisotopic (exact) mass is 322 g/mol. The van der Waals surface area contributed by atoms with Crippen molar-refractivity contribution < 1.29 is 23.0 Å². The Bertz CT molecular complexity index is 664. The van der Waals surface area contributed by atoms with E-state index in [0.29, 0.717) is 25.5 Å². The smallest absolute Gasteiger partial charge is 0.262 e. The lowest BCUT2D eigenvalue weighted by Gasteiger charge is -2.23. The number of pyridine rings is 1. The van der Waals surface area contributed by atoms with E-state index in [1.54, 1.807) is 12.1 Å². The lowest BCUT2D eigenvalue weighted by atomic mass is 10.3. The van der Waals surface area contributed by atoms with Gasteiger partial charge in [-0.05, 0) is 24.3 Å². The molecule has 1 atom stereocenters. The Morgan fingerprint density at radius 3 is 2.96 bits per heavy atom. The highest BCUT2D eigenvalue weighted by Crippen LogP contribution is 2.29. The van der Waals surface area contributed by atoms with Crippen molar-refractivity contribution in [3.63, 3.8) is 0 Å². The van der Waals surface area contributed by atoms with Crippen LogP contribution >= 0.6 is 0 Å². The van der Waals surface area contributed by atoms with Crippen molar-refractivity contribution in [3.05, 3.63) is 48.2 Å². The molecule has 7 heteroatoms.